The van der Waals surface area contributed by atoms with Crippen molar-refractivity contribution in [2.45, 2.75) is 51.1 Å². The third-order valence-corrected chi connectivity index (χ3v) is 4.85. The van der Waals surface area contributed by atoms with Crippen molar-refractivity contribution < 1.29 is 14.1 Å². The molecule has 2 aromatic rings. The highest BCUT2D eigenvalue weighted by Crippen LogP contribution is 2.22. The molecule has 0 spiro atoms. The number of carbonyl (C=O) groups excluding carboxylic acids is 1. The van der Waals surface area contributed by atoms with E-state index < -0.39 is 0 Å². The summed E-state index contributed by atoms with van der Waals surface area (Å²) in [5.41, 5.74) is 6.89. The number of aryl methyl sites for hydroxylation is 1. The second kappa shape index (κ2) is 8.31. The average Bonchev–Trinajstić information content (AvgIpc) is 3.15. The molecular weight excluding hydrogens is 332 g/mol. The molecule has 0 radical (unpaired) electrons. The number of aromatic nitrogens is 2. The maximum Gasteiger partial charge on any atom is 0.227 e. The molecule has 140 valence electrons. The van der Waals surface area contributed by atoms with Crippen LogP contribution in [0.1, 0.15) is 38.5 Å². The lowest BCUT2D eigenvalue weighted by Crippen LogP contribution is -2.51. The van der Waals surface area contributed by atoms with E-state index in [9.17, 15) is 4.79 Å². The number of piperidine rings is 1. The van der Waals surface area contributed by atoms with Gasteiger partial charge in [-0.2, -0.15) is 4.98 Å². The van der Waals surface area contributed by atoms with E-state index in [1.807, 2.05) is 36.1 Å². The topological polar surface area (TPSA) is 94.5 Å². The van der Waals surface area contributed by atoms with Gasteiger partial charge in [0.05, 0.1) is 7.11 Å². The molecule has 1 amide bonds. The fourth-order valence-electron chi connectivity index (χ4n) is 3.38. The van der Waals surface area contributed by atoms with Crippen molar-refractivity contribution in [1.82, 2.24) is 15.0 Å². The first-order valence-electron chi connectivity index (χ1n) is 9.10. The summed E-state index contributed by atoms with van der Waals surface area (Å²) in [6.07, 6.45) is 3.94. The largest absolute Gasteiger partial charge is 0.497 e. The van der Waals surface area contributed by atoms with E-state index in [1.54, 1.807) is 7.11 Å². The van der Waals surface area contributed by atoms with Gasteiger partial charge in [0, 0.05) is 37.0 Å². The van der Waals surface area contributed by atoms with Crippen LogP contribution in [0.2, 0.25) is 0 Å². The summed E-state index contributed by atoms with van der Waals surface area (Å²) in [6.45, 7) is 2.75. The van der Waals surface area contributed by atoms with Crippen molar-refractivity contribution >= 4 is 5.91 Å². The molecule has 1 saturated heterocycles. The van der Waals surface area contributed by atoms with Gasteiger partial charge in [0.1, 0.15) is 5.75 Å². The Balaban J connectivity index is 1.59. The highest BCUT2D eigenvalue weighted by molar-refractivity contribution is 5.77. The smallest absolute Gasteiger partial charge is 0.227 e. The lowest BCUT2D eigenvalue weighted by atomic mass is 9.96. The number of hydrogen-bond acceptors (Lipinski definition) is 6. The molecule has 7 heteroatoms. The highest BCUT2D eigenvalue weighted by Gasteiger charge is 2.29. The van der Waals surface area contributed by atoms with Crippen molar-refractivity contribution in [3.05, 3.63) is 30.2 Å². The monoisotopic (exact) mass is 358 g/mol. The Bertz CT molecular complexity index is 727. The fourth-order valence-corrected chi connectivity index (χ4v) is 3.38. The molecule has 3 rings (SSSR count). The van der Waals surface area contributed by atoms with Crippen LogP contribution in [0, 0.1) is 0 Å². The molecule has 2 N–H and O–H groups in total. The molecule has 2 heterocycles. The standard InChI is InChI=1S/C19H26N4O3/c1-13(20)16-5-3-4-12-23(16)18(24)11-10-17-21-19(22-26-17)14-6-8-15(25-2)9-7-14/h6-9,13,16H,3-5,10-12,20H2,1-2H3. The van der Waals surface area contributed by atoms with Gasteiger partial charge in [0.25, 0.3) is 0 Å². The number of nitrogens with two attached hydrogens (primary N) is 1. The third-order valence-electron chi connectivity index (χ3n) is 4.85. The summed E-state index contributed by atoms with van der Waals surface area (Å²) in [6, 6.07) is 7.57. The summed E-state index contributed by atoms with van der Waals surface area (Å²) < 4.78 is 10.4. The van der Waals surface area contributed by atoms with Crippen LogP contribution >= 0.6 is 0 Å². The van der Waals surface area contributed by atoms with Gasteiger partial charge in [-0.3, -0.25) is 4.79 Å². The van der Waals surface area contributed by atoms with E-state index in [2.05, 4.69) is 10.1 Å². The Morgan fingerprint density at radius 1 is 1.38 bits per heavy atom. The van der Waals surface area contributed by atoms with Crippen LogP contribution in [0.4, 0.5) is 0 Å². The van der Waals surface area contributed by atoms with E-state index in [1.165, 1.54) is 0 Å². The molecule has 1 fully saturated rings. The number of methoxy groups -OCH3 is 1. The van der Waals surface area contributed by atoms with Gasteiger partial charge in [0.15, 0.2) is 0 Å². The minimum atomic E-state index is -0.00988. The van der Waals surface area contributed by atoms with Gasteiger partial charge in [-0.1, -0.05) is 5.16 Å². The number of hydrogen-bond donors (Lipinski definition) is 1. The van der Waals surface area contributed by atoms with E-state index in [0.29, 0.717) is 24.6 Å². The summed E-state index contributed by atoms with van der Waals surface area (Å²) in [7, 11) is 1.62. The molecule has 26 heavy (non-hydrogen) atoms. The van der Waals surface area contributed by atoms with Crippen molar-refractivity contribution in [2.24, 2.45) is 5.73 Å². The Hall–Kier alpha value is -2.41. The summed E-state index contributed by atoms with van der Waals surface area (Å²) in [5, 5.41) is 4.00. The molecule has 1 aliphatic heterocycles. The number of benzene rings is 1. The van der Waals surface area contributed by atoms with E-state index >= 15 is 0 Å². The number of ether oxygens (including phenoxy) is 1. The van der Waals surface area contributed by atoms with Gasteiger partial charge in [-0.25, -0.2) is 0 Å². The summed E-state index contributed by atoms with van der Waals surface area (Å²) in [5.74, 6) is 1.87. The van der Waals surface area contributed by atoms with Crippen LogP contribution in [0.25, 0.3) is 11.4 Å². The number of rotatable bonds is 6. The molecule has 0 bridgehead atoms. The van der Waals surface area contributed by atoms with Crippen LogP contribution in [0.5, 0.6) is 5.75 Å². The van der Waals surface area contributed by atoms with Gasteiger partial charge in [0.2, 0.25) is 17.6 Å². The fraction of sp³-hybridized carbons (Fsp3) is 0.526. The Labute approximate surface area is 153 Å². The quantitative estimate of drug-likeness (QED) is 0.852. The predicted octanol–water partition coefficient (Wildman–Crippen LogP) is 2.41. The van der Waals surface area contributed by atoms with E-state index in [4.69, 9.17) is 15.0 Å². The summed E-state index contributed by atoms with van der Waals surface area (Å²) >= 11 is 0. The molecule has 1 aromatic heterocycles. The number of amides is 1. The molecule has 7 nitrogen and oxygen atoms in total. The summed E-state index contributed by atoms with van der Waals surface area (Å²) in [4.78, 5) is 18.9. The first kappa shape index (κ1) is 18.4. The molecule has 0 aliphatic carbocycles. The molecule has 1 aliphatic rings. The van der Waals surface area contributed by atoms with Gasteiger partial charge < -0.3 is 19.9 Å². The Morgan fingerprint density at radius 2 is 2.15 bits per heavy atom. The van der Waals surface area contributed by atoms with E-state index in [-0.39, 0.29) is 18.0 Å². The first-order chi connectivity index (χ1) is 12.6. The van der Waals surface area contributed by atoms with Gasteiger partial charge in [-0.05, 0) is 50.5 Å². The maximum absolute atomic E-state index is 12.6. The molecular formula is C19H26N4O3. The van der Waals surface area contributed by atoms with Gasteiger partial charge in [-0.15, -0.1) is 0 Å². The number of carbonyl (C=O) groups is 1. The van der Waals surface area contributed by atoms with Crippen LogP contribution in [-0.2, 0) is 11.2 Å². The predicted molar refractivity (Wildman–Crippen MR) is 97.6 cm³/mol. The maximum atomic E-state index is 12.6. The second-order valence-electron chi connectivity index (χ2n) is 6.75. The molecule has 2 atom stereocenters. The van der Waals surface area contributed by atoms with Crippen molar-refractivity contribution in [3.63, 3.8) is 0 Å². The lowest BCUT2D eigenvalue weighted by molar-refractivity contribution is -0.135. The molecule has 2 unspecified atom stereocenters. The normalized spacial score (nSPS) is 18.6. The zero-order valence-electron chi connectivity index (χ0n) is 15.4. The van der Waals surface area contributed by atoms with Crippen molar-refractivity contribution in [1.29, 1.82) is 0 Å². The van der Waals surface area contributed by atoms with Crippen LogP contribution in [-0.4, -0.2) is 46.7 Å². The zero-order chi connectivity index (χ0) is 18.5. The highest BCUT2D eigenvalue weighted by atomic mass is 16.5. The lowest BCUT2D eigenvalue weighted by Gasteiger charge is -2.38. The SMILES string of the molecule is COc1ccc(-c2noc(CCC(=O)N3CCCCC3C(C)N)n2)cc1. The van der Waals surface area contributed by atoms with E-state index in [0.717, 1.165) is 37.1 Å². The van der Waals surface area contributed by atoms with Crippen LogP contribution in [0.3, 0.4) is 0 Å². The van der Waals surface area contributed by atoms with Crippen molar-refractivity contribution in [3.8, 4) is 17.1 Å². The second-order valence-corrected chi connectivity index (χ2v) is 6.75. The van der Waals surface area contributed by atoms with Gasteiger partial charge >= 0.3 is 0 Å². The zero-order valence-corrected chi connectivity index (χ0v) is 15.4. The number of nitrogens with zero attached hydrogens (tertiary/aromatic N) is 3. The molecule has 0 saturated carbocycles. The minimum Gasteiger partial charge on any atom is -0.497 e. The van der Waals surface area contributed by atoms with Crippen molar-refractivity contribution in [2.75, 3.05) is 13.7 Å². The average molecular weight is 358 g/mol. The first-order valence-corrected chi connectivity index (χ1v) is 9.10. The van der Waals surface area contributed by atoms with Crippen LogP contribution in [0.15, 0.2) is 28.8 Å². The van der Waals surface area contributed by atoms with Crippen LogP contribution < -0.4 is 10.5 Å². The Kier molecular flexibility index (Phi) is 5.88. The minimum absolute atomic E-state index is 0.00988. The Morgan fingerprint density at radius 3 is 2.85 bits per heavy atom. The molecule has 1 aromatic carbocycles. The number of likely N-dealkylation sites (tertiary alicyclic amines) is 1. The third kappa shape index (κ3) is 4.22.